The Morgan fingerprint density at radius 2 is 2.00 bits per heavy atom. The molecule has 0 fully saturated rings. The Hall–Kier alpha value is -1.84. The summed E-state index contributed by atoms with van der Waals surface area (Å²) >= 11 is 0. The molecule has 0 aromatic heterocycles. The van der Waals surface area contributed by atoms with Crippen LogP contribution in [0.1, 0.15) is 6.92 Å². The Bertz CT molecular complexity index is 345. The molecule has 1 aromatic carbocycles. The molecule has 0 saturated carbocycles. The molecule has 0 bridgehead atoms. The summed E-state index contributed by atoms with van der Waals surface area (Å²) in [6, 6.07) is 6.97. The van der Waals surface area contributed by atoms with Crippen molar-refractivity contribution in [3.05, 3.63) is 24.3 Å². The van der Waals surface area contributed by atoms with Crippen LogP contribution < -0.4 is 9.64 Å². The molecular formula is C11H13NO3. The van der Waals surface area contributed by atoms with Crippen LogP contribution >= 0.6 is 0 Å². The fourth-order valence-electron chi connectivity index (χ4n) is 1.14. The van der Waals surface area contributed by atoms with Crippen molar-refractivity contribution in [2.24, 2.45) is 0 Å². The van der Waals surface area contributed by atoms with E-state index < -0.39 is 5.91 Å². The van der Waals surface area contributed by atoms with Gasteiger partial charge in [-0.2, -0.15) is 0 Å². The van der Waals surface area contributed by atoms with Crippen LogP contribution in [0.15, 0.2) is 24.3 Å². The number of anilines is 1. The van der Waals surface area contributed by atoms with E-state index in [1.54, 1.807) is 31.3 Å². The molecule has 0 heterocycles. The average Bonchev–Trinajstić information content (AvgIpc) is 2.28. The number of aldehydes is 1. The zero-order chi connectivity index (χ0) is 11.3. The van der Waals surface area contributed by atoms with Gasteiger partial charge in [0.25, 0.3) is 5.91 Å². The molecule has 0 aliphatic rings. The van der Waals surface area contributed by atoms with Crippen LogP contribution in [0.25, 0.3) is 0 Å². The van der Waals surface area contributed by atoms with E-state index in [9.17, 15) is 9.59 Å². The molecule has 1 rings (SSSR count). The van der Waals surface area contributed by atoms with E-state index in [1.165, 1.54) is 4.90 Å². The van der Waals surface area contributed by atoms with Gasteiger partial charge in [0.15, 0.2) is 0 Å². The van der Waals surface area contributed by atoms with Crippen molar-refractivity contribution in [3.8, 4) is 5.75 Å². The van der Waals surface area contributed by atoms with Crippen molar-refractivity contribution in [3.63, 3.8) is 0 Å². The van der Waals surface area contributed by atoms with Crippen molar-refractivity contribution in [1.29, 1.82) is 0 Å². The smallest absolute Gasteiger partial charge is 0.290 e. The summed E-state index contributed by atoms with van der Waals surface area (Å²) in [6.07, 6.45) is 0.288. The van der Waals surface area contributed by atoms with Gasteiger partial charge in [0.1, 0.15) is 5.75 Å². The van der Waals surface area contributed by atoms with Gasteiger partial charge in [-0.15, -0.1) is 0 Å². The fraction of sp³-hybridized carbons (Fsp3) is 0.273. The highest BCUT2D eigenvalue weighted by Gasteiger charge is 2.08. The SMILES string of the molecule is CCOc1ccc(N(C)C(=O)C=O)cc1. The van der Waals surface area contributed by atoms with Crippen molar-refractivity contribution in [1.82, 2.24) is 0 Å². The second-order valence-electron chi connectivity index (χ2n) is 2.94. The van der Waals surface area contributed by atoms with Gasteiger partial charge in [-0.3, -0.25) is 9.59 Å². The first-order chi connectivity index (χ1) is 7.19. The van der Waals surface area contributed by atoms with Gasteiger partial charge in [-0.05, 0) is 31.2 Å². The molecule has 4 heteroatoms. The quantitative estimate of drug-likeness (QED) is 0.551. The molecule has 15 heavy (non-hydrogen) atoms. The van der Waals surface area contributed by atoms with Gasteiger partial charge < -0.3 is 9.64 Å². The number of amides is 1. The Kier molecular flexibility index (Phi) is 3.85. The lowest BCUT2D eigenvalue weighted by Gasteiger charge is -2.14. The highest BCUT2D eigenvalue weighted by atomic mass is 16.5. The molecule has 0 spiro atoms. The lowest BCUT2D eigenvalue weighted by atomic mass is 10.3. The predicted molar refractivity (Wildman–Crippen MR) is 57.1 cm³/mol. The first-order valence-electron chi connectivity index (χ1n) is 4.64. The van der Waals surface area contributed by atoms with Crippen LogP contribution in [0.5, 0.6) is 5.75 Å². The third-order valence-corrected chi connectivity index (χ3v) is 1.97. The molecule has 0 aliphatic heterocycles. The molecule has 0 radical (unpaired) electrons. The maximum atomic E-state index is 11.0. The normalized spacial score (nSPS) is 9.47. The molecule has 4 nitrogen and oxygen atoms in total. The lowest BCUT2D eigenvalue weighted by molar-refractivity contribution is -0.129. The molecule has 1 amide bonds. The minimum atomic E-state index is -0.570. The van der Waals surface area contributed by atoms with Crippen molar-refractivity contribution >= 4 is 17.9 Å². The van der Waals surface area contributed by atoms with E-state index in [0.29, 0.717) is 12.3 Å². The maximum absolute atomic E-state index is 11.0. The standard InChI is InChI=1S/C11H13NO3/c1-3-15-10-6-4-9(5-7-10)12(2)11(14)8-13/h4-8H,3H2,1-2H3. The second kappa shape index (κ2) is 5.14. The number of hydrogen-bond acceptors (Lipinski definition) is 3. The summed E-state index contributed by atoms with van der Waals surface area (Å²) in [4.78, 5) is 22.6. The van der Waals surface area contributed by atoms with Crippen LogP contribution in [-0.4, -0.2) is 25.8 Å². The number of carbonyl (C=O) groups excluding carboxylic acids is 2. The third kappa shape index (κ3) is 2.80. The number of likely N-dealkylation sites (N-methyl/N-ethyl adjacent to an activating group) is 1. The minimum absolute atomic E-state index is 0.288. The Labute approximate surface area is 88.5 Å². The van der Waals surface area contributed by atoms with Gasteiger partial charge in [0.2, 0.25) is 6.29 Å². The van der Waals surface area contributed by atoms with Gasteiger partial charge in [0.05, 0.1) is 6.61 Å². The molecular weight excluding hydrogens is 194 g/mol. The summed E-state index contributed by atoms with van der Waals surface area (Å²) in [5, 5.41) is 0. The second-order valence-corrected chi connectivity index (χ2v) is 2.94. The van der Waals surface area contributed by atoms with Gasteiger partial charge >= 0.3 is 0 Å². The largest absolute Gasteiger partial charge is 0.494 e. The van der Waals surface area contributed by atoms with Crippen LogP contribution in [-0.2, 0) is 9.59 Å². The number of ether oxygens (including phenoxy) is 1. The van der Waals surface area contributed by atoms with Crippen LogP contribution in [0, 0.1) is 0 Å². The maximum Gasteiger partial charge on any atom is 0.290 e. The third-order valence-electron chi connectivity index (χ3n) is 1.97. The zero-order valence-corrected chi connectivity index (χ0v) is 8.77. The number of rotatable bonds is 4. The average molecular weight is 207 g/mol. The molecule has 0 atom stereocenters. The Balaban J connectivity index is 2.79. The number of carbonyl (C=O) groups is 2. The van der Waals surface area contributed by atoms with Gasteiger partial charge in [0, 0.05) is 12.7 Å². The van der Waals surface area contributed by atoms with Crippen LogP contribution in [0.2, 0.25) is 0 Å². The molecule has 0 N–H and O–H groups in total. The minimum Gasteiger partial charge on any atom is -0.494 e. The van der Waals surface area contributed by atoms with Crippen LogP contribution in [0.3, 0.4) is 0 Å². The van der Waals surface area contributed by atoms with E-state index in [-0.39, 0.29) is 6.29 Å². The van der Waals surface area contributed by atoms with Crippen LogP contribution in [0.4, 0.5) is 5.69 Å². The lowest BCUT2D eigenvalue weighted by Crippen LogP contribution is -2.26. The fourth-order valence-corrected chi connectivity index (χ4v) is 1.14. The Morgan fingerprint density at radius 1 is 1.40 bits per heavy atom. The summed E-state index contributed by atoms with van der Waals surface area (Å²) in [5.41, 5.74) is 0.663. The summed E-state index contributed by atoms with van der Waals surface area (Å²) in [7, 11) is 1.55. The summed E-state index contributed by atoms with van der Waals surface area (Å²) in [5.74, 6) is 0.173. The van der Waals surface area contributed by atoms with E-state index in [1.807, 2.05) is 6.92 Å². The summed E-state index contributed by atoms with van der Waals surface area (Å²) in [6.45, 7) is 2.50. The molecule has 0 saturated heterocycles. The van der Waals surface area contributed by atoms with Crippen molar-refractivity contribution in [2.75, 3.05) is 18.6 Å². The van der Waals surface area contributed by atoms with Crippen molar-refractivity contribution < 1.29 is 14.3 Å². The topological polar surface area (TPSA) is 46.6 Å². The first-order valence-corrected chi connectivity index (χ1v) is 4.64. The number of nitrogens with zero attached hydrogens (tertiary/aromatic N) is 1. The van der Waals surface area contributed by atoms with Gasteiger partial charge in [-0.25, -0.2) is 0 Å². The summed E-state index contributed by atoms with van der Waals surface area (Å²) < 4.78 is 5.25. The molecule has 1 aromatic rings. The van der Waals surface area contributed by atoms with E-state index in [0.717, 1.165) is 5.75 Å². The zero-order valence-electron chi connectivity index (χ0n) is 8.77. The highest BCUT2D eigenvalue weighted by Crippen LogP contribution is 2.18. The number of hydrogen-bond donors (Lipinski definition) is 0. The molecule has 80 valence electrons. The highest BCUT2D eigenvalue weighted by molar-refractivity contribution is 6.30. The first kappa shape index (κ1) is 11.2. The Morgan fingerprint density at radius 3 is 2.47 bits per heavy atom. The van der Waals surface area contributed by atoms with Gasteiger partial charge in [-0.1, -0.05) is 0 Å². The molecule has 0 unspecified atom stereocenters. The van der Waals surface area contributed by atoms with Crippen molar-refractivity contribution in [2.45, 2.75) is 6.92 Å². The van der Waals surface area contributed by atoms with E-state index >= 15 is 0 Å². The van der Waals surface area contributed by atoms with E-state index in [4.69, 9.17) is 4.74 Å². The number of benzene rings is 1. The monoisotopic (exact) mass is 207 g/mol. The van der Waals surface area contributed by atoms with E-state index in [2.05, 4.69) is 0 Å². The predicted octanol–water partition coefficient (Wildman–Crippen LogP) is 1.25. The molecule has 0 aliphatic carbocycles.